The maximum absolute atomic E-state index is 12.5. The Morgan fingerprint density at radius 3 is 2.48 bits per heavy atom. The van der Waals surface area contributed by atoms with Crippen LogP contribution >= 0.6 is 11.6 Å². The molecule has 0 aliphatic heterocycles. The first kappa shape index (κ1) is 17.4. The van der Waals surface area contributed by atoms with Gasteiger partial charge in [-0.3, -0.25) is 4.79 Å². The molecular formula is C19H22ClNO2. The van der Waals surface area contributed by atoms with Crippen molar-refractivity contribution in [3.63, 3.8) is 0 Å². The van der Waals surface area contributed by atoms with Gasteiger partial charge < -0.3 is 9.64 Å². The second-order valence-electron chi connectivity index (χ2n) is 5.71. The molecule has 0 N–H and O–H groups in total. The SMILES string of the molecule is COc1cc(CC(=O)N(C)C(C)c2ccc(Cl)cc2)ccc1C. The summed E-state index contributed by atoms with van der Waals surface area (Å²) in [6.45, 7) is 4.00. The van der Waals surface area contributed by atoms with E-state index in [0.717, 1.165) is 22.4 Å². The third kappa shape index (κ3) is 4.26. The van der Waals surface area contributed by atoms with E-state index in [1.54, 1.807) is 12.0 Å². The smallest absolute Gasteiger partial charge is 0.227 e. The maximum Gasteiger partial charge on any atom is 0.227 e. The van der Waals surface area contributed by atoms with Gasteiger partial charge in [-0.2, -0.15) is 0 Å². The second kappa shape index (κ2) is 7.51. The molecule has 2 rings (SSSR count). The van der Waals surface area contributed by atoms with Crippen LogP contribution in [0.4, 0.5) is 0 Å². The molecule has 0 saturated heterocycles. The maximum atomic E-state index is 12.5. The Labute approximate surface area is 142 Å². The number of hydrogen-bond acceptors (Lipinski definition) is 2. The molecule has 0 aliphatic rings. The molecule has 1 unspecified atom stereocenters. The molecule has 3 nitrogen and oxygen atoms in total. The van der Waals surface area contributed by atoms with Gasteiger partial charge in [-0.25, -0.2) is 0 Å². The number of hydrogen-bond donors (Lipinski definition) is 0. The van der Waals surface area contributed by atoms with Crippen molar-refractivity contribution in [2.45, 2.75) is 26.3 Å². The lowest BCUT2D eigenvalue weighted by Crippen LogP contribution is -2.30. The van der Waals surface area contributed by atoms with Crippen LogP contribution in [0, 0.1) is 6.92 Å². The summed E-state index contributed by atoms with van der Waals surface area (Å²) >= 11 is 5.91. The highest BCUT2D eigenvalue weighted by Crippen LogP contribution is 2.23. The molecule has 0 saturated carbocycles. The monoisotopic (exact) mass is 331 g/mol. The van der Waals surface area contributed by atoms with Gasteiger partial charge in [0.05, 0.1) is 19.6 Å². The van der Waals surface area contributed by atoms with Gasteiger partial charge in [0, 0.05) is 12.1 Å². The Morgan fingerprint density at radius 1 is 1.22 bits per heavy atom. The number of rotatable bonds is 5. The first-order chi connectivity index (χ1) is 10.9. The van der Waals surface area contributed by atoms with Crippen LogP contribution in [0.5, 0.6) is 5.75 Å². The van der Waals surface area contributed by atoms with Crippen molar-refractivity contribution in [2.24, 2.45) is 0 Å². The molecular weight excluding hydrogens is 310 g/mol. The van der Waals surface area contributed by atoms with E-state index >= 15 is 0 Å². The van der Waals surface area contributed by atoms with Gasteiger partial charge >= 0.3 is 0 Å². The van der Waals surface area contributed by atoms with E-state index < -0.39 is 0 Å². The van der Waals surface area contributed by atoms with Crippen LogP contribution in [0.15, 0.2) is 42.5 Å². The number of methoxy groups -OCH3 is 1. The molecule has 0 aliphatic carbocycles. The van der Waals surface area contributed by atoms with Gasteiger partial charge in [0.2, 0.25) is 5.91 Å². The summed E-state index contributed by atoms with van der Waals surface area (Å²) in [5, 5.41) is 0.696. The predicted molar refractivity (Wildman–Crippen MR) is 94.1 cm³/mol. The highest BCUT2D eigenvalue weighted by atomic mass is 35.5. The second-order valence-corrected chi connectivity index (χ2v) is 6.15. The number of halogens is 1. The zero-order valence-corrected chi connectivity index (χ0v) is 14.7. The summed E-state index contributed by atoms with van der Waals surface area (Å²) in [6, 6.07) is 13.5. The molecule has 0 radical (unpaired) electrons. The van der Waals surface area contributed by atoms with E-state index in [1.807, 2.05) is 63.4 Å². The molecule has 0 aromatic heterocycles. The van der Waals surface area contributed by atoms with Crippen LogP contribution in [-0.2, 0) is 11.2 Å². The molecule has 23 heavy (non-hydrogen) atoms. The third-order valence-electron chi connectivity index (χ3n) is 4.15. The zero-order valence-electron chi connectivity index (χ0n) is 14.0. The Bertz CT molecular complexity index is 682. The van der Waals surface area contributed by atoms with Crippen LogP contribution < -0.4 is 4.74 Å². The van der Waals surface area contributed by atoms with Gasteiger partial charge in [0.15, 0.2) is 0 Å². The number of carbonyl (C=O) groups is 1. The van der Waals surface area contributed by atoms with Gasteiger partial charge in [-0.15, -0.1) is 0 Å². The lowest BCUT2D eigenvalue weighted by atomic mass is 10.0. The number of benzene rings is 2. The molecule has 0 fully saturated rings. The summed E-state index contributed by atoms with van der Waals surface area (Å²) in [5.74, 6) is 0.877. The fourth-order valence-corrected chi connectivity index (χ4v) is 2.58. The van der Waals surface area contributed by atoms with E-state index in [1.165, 1.54) is 0 Å². The van der Waals surface area contributed by atoms with Crippen LogP contribution in [0.1, 0.15) is 29.7 Å². The summed E-state index contributed by atoms with van der Waals surface area (Å²) < 4.78 is 5.32. The molecule has 0 spiro atoms. The molecule has 122 valence electrons. The first-order valence-corrected chi connectivity index (χ1v) is 7.94. The van der Waals surface area contributed by atoms with E-state index in [2.05, 4.69) is 0 Å². The lowest BCUT2D eigenvalue weighted by Gasteiger charge is -2.25. The molecule has 2 aromatic carbocycles. The van der Waals surface area contributed by atoms with E-state index in [-0.39, 0.29) is 11.9 Å². The van der Waals surface area contributed by atoms with E-state index in [4.69, 9.17) is 16.3 Å². The Kier molecular flexibility index (Phi) is 5.67. The molecule has 1 atom stereocenters. The largest absolute Gasteiger partial charge is 0.496 e. The fourth-order valence-electron chi connectivity index (χ4n) is 2.45. The topological polar surface area (TPSA) is 29.5 Å². The van der Waals surface area contributed by atoms with Crippen LogP contribution in [0.3, 0.4) is 0 Å². The van der Waals surface area contributed by atoms with Crippen molar-refractivity contribution in [1.29, 1.82) is 0 Å². The third-order valence-corrected chi connectivity index (χ3v) is 4.41. The minimum atomic E-state index is -0.00731. The molecule has 0 bridgehead atoms. The fraction of sp³-hybridized carbons (Fsp3) is 0.316. The van der Waals surface area contributed by atoms with Gasteiger partial charge in [0.25, 0.3) is 0 Å². The predicted octanol–water partition coefficient (Wildman–Crippen LogP) is 4.42. The van der Waals surface area contributed by atoms with Crippen molar-refractivity contribution >= 4 is 17.5 Å². The highest BCUT2D eigenvalue weighted by molar-refractivity contribution is 6.30. The van der Waals surface area contributed by atoms with Crippen LogP contribution in [0.2, 0.25) is 5.02 Å². The quantitative estimate of drug-likeness (QED) is 0.811. The minimum Gasteiger partial charge on any atom is -0.496 e. The Morgan fingerprint density at radius 2 is 1.87 bits per heavy atom. The van der Waals surface area contributed by atoms with Crippen molar-refractivity contribution < 1.29 is 9.53 Å². The lowest BCUT2D eigenvalue weighted by molar-refractivity contribution is -0.131. The molecule has 1 amide bonds. The Hall–Kier alpha value is -2.00. The zero-order chi connectivity index (χ0) is 17.0. The average molecular weight is 332 g/mol. The number of amides is 1. The van der Waals surface area contributed by atoms with E-state index in [0.29, 0.717) is 11.4 Å². The summed E-state index contributed by atoms with van der Waals surface area (Å²) in [6.07, 6.45) is 0.352. The van der Waals surface area contributed by atoms with Gasteiger partial charge in [-0.1, -0.05) is 35.9 Å². The van der Waals surface area contributed by atoms with Gasteiger partial charge in [0.1, 0.15) is 5.75 Å². The number of carbonyl (C=O) groups excluding carboxylic acids is 1. The van der Waals surface area contributed by atoms with Crippen LogP contribution in [0.25, 0.3) is 0 Å². The normalized spacial score (nSPS) is 11.9. The highest BCUT2D eigenvalue weighted by Gasteiger charge is 2.18. The van der Waals surface area contributed by atoms with Crippen molar-refractivity contribution in [3.8, 4) is 5.75 Å². The molecule has 2 aromatic rings. The standard InChI is InChI=1S/C19H22ClNO2/c1-13-5-6-15(11-18(13)23-4)12-19(22)21(3)14(2)16-7-9-17(20)10-8-16/h5-11,14H,12H2,1-4H3. The van der Waals surface area contributed by atoms with Crippen LogP contribution in [-0.4, -0.2) is 25.0 Å². The molecule has 4 heteroatoms. The average Bonchev–Trinajstić information content (AvgIpc) is 2.55. The minimum absolute atomic E-state index is 0.00731. The van der Waals surface area contributed by atoms with Crippen molar-refractivity contribution in [3.05, 3.63) is 64.2 Å². The van der Waals surface area contributed by atoms with E-state index in [9.17, 15) is 4.79 Å². The molecule has 0 heterocycles. The number of likely N-dealkylation sites (N-methyl/N-ethyl adjacent to an activating group) is 1. The summed E-state index contributed by atoms with van der Waals surface area (Å²) in [5.41, 5.74) is 3.07. The van der Waals surface area contributed by atoms with Gasteiger partial charge in [-0.05, 0) is 48.7 Å². The van der Waals surface area contributed by atoms with Crippen molar-refractivity contribution in [2.75, 3.05) is 14.2 Å². The number of ether oxygens (including phenoxy) is 1. The Balaban J connectivity index is 2.08. The number of nitrogens with zero attached hydrogens (tertiary/aromatic N) is 1. The first-order valence-electron chi connectivity index (χ1n) is 7.57. The summed E-state index contributed by atoms with van der Waals surface area (Å²) in [4.78, 5) is 14.3. The number of aryl methyl sites for hydroxylation is 1. The van der Waals surface area contributed by atoms with Crippen molar-refractivity contribution in [1.82, 2.24) is 4.90 Å². The summed E-state index contributed by atoms with van der Waals surface area (Å²) in [7, 11) is 3.47.